The molecule has 0 aliphatic carbocycles. The van der Waals surface area contributed by atoms with Crippen LogP contribution in [-0.2, 0) is 9.84 Å². The van der Waals surface area contributed by atoms with E-state index in [-0.39, 0.29) is 6.04 Å². The van der Waals surface area contributed by atoms with Crippen molar-refractivity contribution in [3.05, 3.63) is 29.8 Å². The number of hydrogen-bond donors (Lipinski definition) is 1. The number of nitrogens with two attached hydrogens (primary N) is 1. The Morgan fingerprint density at radius 2 is 1.80 bits per heavy atom. The van der Waals surface area contributed by atoms with E-state index in [2.05, 4.69) is 6.92 Å². The van der Waals surface area contributed by atoms with Gasteiger partial charge in [0.2, 0.25) is 0 Å². The van der Waals surface area contributed by atoms with Crippen molar-refractivity contribution in [2.45, 2.75) is 30.7 Å². The molecule has 1 rings (SSSR count). The van der Waals surface area contributed by atoms with Gasteiger partial charge in [0.1, 0.15) is 0 Å². The molecule has 0 aliphatic rings. The van der Waals surface area contributed by atoms with E-state index in [4.69, 9.17) is 5.73 Å². The molecule has 0 fully saturated rings. The molecule has 0 spiro atoms. The molecule has 0 aromatic heterocycles. The molecule has 0 amide bonds. The lowest BCUT2D eigenvalue weighted by Crippen LogP contribution is -2.09. The van der Waals surface area contributed by atoms with Crippen LogP contribution in [-0.4, -0.2) is 14.7 Å². The van der Waals surface area contributed by atoms with Gasteiger partial charge in [-0.25, -0.2) is 8.42 Å². The molecule has 0 saturated heterocycles. The maximum absolute atomic E-state index is 11.2. The van der Waals surface area contributed by atoms with Crippen LogP contribution in [0.4, 0.5) is 0 Å². The number of hydrogen-bond acceptors (Lipinski definition) is 3. The Kier molecular flexibility index (Phi) is 3.88. The molecule has 1 aromatic rings. The zero-order valence-corrected chi connectivity index (χ0v) is 9.92. The van der Waals surface area contributed by atoms with Gasteiger partial charge in [0.25, 0.3) is 0 Å². The van der Waals surface area contributed by atoms with Gasteiger partial charge >= 0.3 is 0 Å². The predicted molar refractivity (Wildman–Crippen MR) is 61.4 cm³/mol. The summed E-state index contributed by atoms with van der Waals surface area (Å²) in [6, 6.07) is 6.80. The summed E-state index contributed by atoms with van der Waals surface area (Å²) in [5.41, 5.74) is 6.91. The quantitative estimate of drug-likeness (QED) is 0.854. The van der Waals surface area contributed by atoms with E-state index in [0.29, 0.717) is 4.90 Å². The molecule has 0 radical (unpaired) electrons. The van der Waals surface area contributed by atoms with Crippen molar-refractivity contribution in [1.29, 1.82) is 0 Å². The van der Waals surface area contributed by atoms with Gasteiger partial charge in [0, 0.05) is 12.3 Å². The standard InChI is InChI=1S/C11H17NO2S/c1-3-4-11(12)9-5-7-10(8-6-9)15(2,13)14/h5-8,11H,3-4,12H2,1-2H3/t11-/m1/s1. The first kappa shape index (κ1) is 12.2. The van der Waals surface area contributed by atoms with Crippen LogP contribution in [0.3, 0.4) is 0 Å². The average molecular weight is 227 g/mol. The van der Waals surface area contributed by atoms with E-state index in [1.54, 1.807) is 24.3 Å². The van der Waals surface area contributed by atoms with Crippen LogP contribution >= 0.6 is 0 Å². The van der Waals surface area contributed by atoms with E-state index < -0.39 is 9.84 Å². The number of rotatable bonds is 4. The fourth-order valence-electron chi connectivity index (χ4n) is 1.44. The Hall–Kier alpha value is -0.870. The highest BCUT2D eigenvalue weighted by Crippen LogP contribution is 2.18. The summed E-state index contributed by atoms with van der Waals surface area (Å²) in [6.07, 6.45) is 3.14. The fourth-order valence-corrected chi connectivity index (χ4v) is 2.07. The molecule has 0 saturated carbocycles. The van der Waals surface area contributed by atoms with Gasteiger partial charge in [-0.3, -0.25) is 0 Å². The Balaban J connectivity index is 2.90. The Morgan fingerprint density at radius 1 is 1.27 bits per heavy atom. The van der Waals surface area contributed by atoms with Crippen molar-refractivity contribution in [2.75, 3.05) is 6.26 Å². The highest BCUT2D eigenvalue weighted by Gasteiger charge is 2.08. The number of sulfone groups is 1. The zero-order chi connectivity index (χ0) is 11.5. The summed E-state index contributed by atoms with van der Waals surface area (Å²) >= 11 is 0. The lowest BCUT2D eigenvalue weighted by Gasteiger charge is -2.10. The fraction of sp³-hybridized carbons (Fsp3) is 0.455. The first-order valence-corrected chi connectivity index (χ1v) is 6.90. The van der Waals surface area contributed by atoms with Crippen molar-refractivity contribution < 1.29 is 8.42 Å². The van der Waals surface area contributed by atoms with Crippen molar-refractivity contribution >= 4 is 9.84 Å². The zero-order valence-electron chi connectivity index (χ0n) is 9.10. The van der Waals surface area contributed by atoms with Crippen molar-refractivity contribution in [3.63, 3.8) is 0 Å². The molecular weight excluding hydrogens is 210 g/mol. The van der Waals surface area contributed by atoms with Crippen LogP contribution in [0.25, 0.3) is 0 Å². The molecule has 84 valence electrons. The summed E-state index contributed by atoms with van der Waals surface area (Å²) in [5.74, 6) is 0. The summed E-state index contributed by atoms with van der Waals surface area (Å²) in [5, 5.41) is 0. The Labute approximate surface area is 91.2 Å². The smallest absolute Gasteiger partial charge is 0.175 e. The molecule has 15 heavy (non-hydrogen) atoms. The van der Waals surface area contributed by atoms with Crippen molar-refractivity contribution in [2.24, 2.45) is 5.73 Å². The molecule has 0 heterocycles. The molecule has 1 atom stereocenters. The van der Waals surface area contributed by atoms with E-state index in [9.17, 15) is 8.42 Å². The largest absolute Gasteiger partial charge is 0.324 e. The van der Waals surface area contributed by atoms with Gasteiger partial charge in [0.15, 0.2) is 9.84 Å². The van der Waals surface area contributed by atoms with Gasteiger partial charge in [-0.05, 0) is 24.1 Å². The third-order valence-electron chi connectivity index (χ3n) is 2.34. The number of benzene rings is 1. The molecule has 0 aliphatic heterocycles. The lowest BCUT2D eigenvalue weighted by atomic mass is 10.0. The molecule has 2 N–H and O–H groups in total. The highest BCUT2D eigenvalue weighted by atomic mass is 32.2. The van der Waals surface area contributed by atoms with Gasteiger partial charge in [-0.1, -0.05) is 25.5 Å². The topological polar surface area (TPSA) is 60.2 Å². The van der Waals surface area contributed by atoms with E-state index in [1.165, 1.54) is 6.26 Å². The average Bonchev–Trinajstić information content (AvgIpc) is 2.17. The minimum Gasteiger partial charge on any atom is -0.324 e. The second-order valence-corrected chi connectivity index (χ2v) is 5.75. The molecule has 0 unspecified atom stereocenters. The van der Waals surface area contributed by atoms with Crippen LogP contribution in [0.2, 0.25) is 0 Å². The molecule has 4 heteroatoms. The second kappa shape index (κ2) is 4.77. The molecule has 0 bridgehead atoms. The first-order chi connectivity index (χ1) is 6.95. The minimum atomic E-state index is -3.10. The second-order valence-electron chi connectivity index (χ2n) is 3.74. The molecule has 1 aromatic carbocycles. The van der Waals surface area contributed by atoms with Crippen LogP contribution in [0.5, 0.6) is 0 Å². The first-order valence-electron chi connectivity index (χ1n) is 5.00. The minimum absolute atomic E-state index is 0.00334. The third kappa shape index (κ3) is 3.32. The lowest BCUT2D eigenvalue weighted by molar-refractivity contribution is 0.601. The molecule has 3 nitrogen and oxygen atoms in total. The third-order valence-corrected chi connectivity index (χ3v) is 3.46. The monoisotopic (exact) mass is 227 g/mol. The van der Waals surface area contributed by atoms with Crippen molar-refractivity contribution in [3.8, 4) is 0 Å². The SMILES string of the molecule is CCC[C@@H](N)c1ccc(S(C)(=O)=O)cc1. The van der Waals surface area contributed by atoms with Crippen LogP contribution < -0.4 is 5.73 Å². The van der Waals surface area contributed by atoms with Gasteiger partial charge in [-0.2, -0.15) is 0 Å². The van der Waals surface area contributed by atoms with E-state index >= 15 is 0 Å². The van der Waals surface area contributed by atoms with Crippen molar-refractivity contribution in [1.82, 2.24) is 0 Å². The highest BCUT2D eigenvalue weighted by molar-refractivity contribution is 7.90. The Morgan fingerprint density at radius 3 is 2.20 bits per heavy atom. The summed E-state index contributed by atoms with van der Waals surface area (Å²) < 4.78 is 22.4. The van der Waals surface area contributed by atoms with E-state index in [0.717, 1.165) is 18.4 Å². The van der Waals surface area contributed by atoms with Crippen LogP contribution in [0.1, 0.15) is 31.4 Å². The summed E-state index contributed by atoms with van der Waals surface area (Å²) in [6.45, 7) is 2.07. The Bertz CT molecular complexity index is 409. The van der Waals surface area contributed by atoms with Gasteiger partial charge in [0.05, 0.1) is 4.90 Å². The van der Waals surface area contributed by atoms with Gasteiger partial charge in [-0.15, -0.1) is 0 Å². The van der Waals surface area contributed by atoms with Crippen LogP contribution in [0, 0.1) is 0 Å². The van der Waals surface area contributed by atoms with Crippen LogP contribution in [0.15, 0.2) is 29.2 Å². The summed E-state index contributed by atoms with van der Waals surface area (Å²) in [4.78, 5) is 0.343. The maximum atomic E-state index is 11.2. The van der Waals surface area contributed by atoms with Gasteiger partial charge < -0.3 is 5.73 Å². The normalized spacial score (nSPS) is 13.8. The predicted octanol–water partition coefficient (Wildman–Crippen LogP) is 1.89. The van der Waals surface area contributed by atoms with E-state index in [1.807, 2.05) is 0 Å². The maximum Gasteiger partial charge on any atom is 0.175 e. The summed E-state index contributed by atoms with van der Waals surface area (Å²) in [7, 11) is -3.10. The molecular formula is C11H17NO2S.